The second-order valence-corrected chi connectivity index (χ2v) is 5.59. The van der Waals surface area contributed by atoms with Crippen molar-refractivity contribution in [3.63, 3.8) is 0 Å². The summed E-state index contributed by atoms with van der Waals surface area (Å²) in [7, 11) is 0. The predicted octanol–water partition coefficient (Wildman–Crippen LogP) is 5.29. The maximum absolute atomic E-state index is 13.9. The Labute approximate surface area is 113 Å². The standard InChI is InChI=1S/C13H12BrClF2/c14-10-5-6-11(16)12(13(10)17)8-3-1-2-4-9(15)7-8/h5-7,9H,1-4H2. The van der Waals surface area contributed by atoms with E-state index in [0.717, 1.165) is 19.3 Å². The summed E-state index contributed by atoms with van der Waals surface area (Å²) in [4.78, 5) is 0. The fourth-order valence-corrected chi connectivity index (χ4v) is 2.71. The van der Waals surface area contributed by atoms with Gasteiger partial charge in [0.25, 0.3) is 0 Å². The molecule has 0 saturated heterocycles. The minimum absolute atomic E-state index is 0.0620. The number of hydrogen-bond acceptors (Lipinski definition) is 0. The first-order valence-corrected chi connectivity index (χ1v) is 6.81. The van der Waals surface area contributed by atoms with Crippen molar-refractivity contribution < 1.29 is 8.78 Å². The van der Waals surface area contributed by atoms with Gasteiger partial charge in [0.15, 0.2) is 0 Å². The Kier molecular flexibility index (Phi) is 4.21. The Morgan fingerprint density at radius 2 is 2.00 bits per heavy atom. The molecule has 0 saturated carbocycles. The van der Waals surface area contributed by atoms with Crippen LogP contribution in [0.2, 0.25) is 0 Å². The lowest BCUT2D eigenvalue weighted by Gasteiger charge is -2.10. The first-order chi connectivity index (χ1) is 8.09. The summed E-state index contributed by atoms with van der Waals surface area (Å²) in [5.74, 6) is -1.07. The average molecular weight is 322 g/mol. The summed E-state index contributed by atoms with van der Waals surface area (Å²) in [6, 6.07) is 2.65. The third kappa shape index (κ3) is 2.89. The number of halogens is 4. The van der Waals surface area contributed by atoms with Gasteiger partial charge in [-0.25, -0.2) is 8.78 Å². The summed E-state index contributed by atoms with van der Waals surface area (Å²) in [6.45, 7) is 0. The van der Waals surface area contributed by atoms with Gasteiger partial charge in [0, 0.05) is 0 Å². The highest BCUT2D eigenvalue weighted by Crippen LogP contribution is 2.33. The van der Waals surface area contributed by atoms with E-state index in [2.05, 4.69) is 15.9 Å². The van der Waals surface area contributed by atoms with Crippen LogP contribution in [0.5, 0.6) is 0 Å². The zero-order valence-corrected chi connectivity index (χ0v) is 11.5. The molecule has 1 aromatic rings. The van der Waals surface area contributed by atoms with E-state index >= 15 is 0 Å². The van der Waals surface area contributed by atoms with Gasteiger partial charge in [0.2, 0.25) is 0 Å². The van der Waals surface area contributed by atoms with Gasteiger partial charge in [-0.1, -0.05) is 12.5 Å². The van der Waals surface area contributed by atoms with E-state index in [1.807, 2.05) is 0 Å². The van der Waals surface area contributed by atoms with E-state index in [0.29, 0.717) is 12.0 Å². The Bertz CT molecular complexity index is 457. The molecule has 1 unspecified atom stereocenters. The van der Waals surface area contributed by atoms with Crippen LogP contribution in [0.15, 0.2) is 22.7 Å². The fourth-order valence-electron chi connectivity index (χ4n) is 2.07. The van der Waals surface area contributed by atoms with Gasteiger partial charge in [-0.3, -0.25) is 0 Å². The Morgan fingerprint density at radius 3 is 2.76 bits per heavy atom. The van der Waals surface area contributed by atoms with Crippen molar-refractivity contribution in [2.75, 3.05) is 0 Å². The van der Waals surface area contributed by atoms with Crippen molar-refractivity contribution in [1.29, 1.82) is 0 Å². The Hall–Kier alpha value is -0.410. The van der Waals surface area contributed by atoms with Crippen LogP contribution in [0.25, 0.3) is 5.57 Å². The predicted molar refractivity (Wildman–Crippen MR) is 70.1 cm³/mol. The largest absolute Gasteiger partial charge is 0.206 e. The maximum atomic E-state index is 13.9. The summed E-state index contributed by atoms with van der Waals surface area (Å²) in [5, 5.41) is -0.134. The van der Waals surface area contributed by atoms with Crippen LogP contribution in [0.1, 0.15) is 31.2 Å². The first-order valence-electron chi connectivity index (χ1n) is 5.58. The van der Waals surface area contributed by atoms with Gasteiger partial charge in [-0.15, -0.1) is 11.6 Å². The van der Waals surface area contributed by atoms with Crippen LogP contribution in [-0.4, -0.2) is 5.38 Å². The normalized spacial score (nSPS) is 20.9. The molecule has 17 heavy (non-hydrogen) atoms. The second kappa shape index (κ2) is 5.49. The molecule has 0 bridgehead atoms. The highest BCUT2D eigenvalue weighted by Gasteiger charge is 2.19. The van der Waals surface area contributed by atoms with E-state index in [1.165, 1.54) is 12.1 Å². The molecule has 4 heteroatoms. The highest BCUT2D eigenvalue weighted by molar-refractivity contribution is 9.10. The van der Waals surface area contributed by atoms with Crippen LogP contribution < -0.4 is 0 Å². The molecule has 0 aliphatic heterocycles. The van der Waals surface area contributed by atoms with Crippen molar-refractivity contribution >= 4 is 33.1 Å². The third-order valence-corrected chi connectivity index (χ3v) is 3.88. The minimum Gasteiger partial charge on any atom is -0.206 e. The van der Waals surface area contributed by atoms with Crippen LogP contribution in [-0.2, 0) is 0 Å². The van der Waals surface area contributed by atoms with Crippen molar-refractivity contribution in [2.24, 2.45) is 0 Å². The third-order valence-electron chi connectivity index (χ3n) is 2.92. The number of benzene rings is 1. The number of allylic oxidation sites excluding steroid dienone is 2. The molecule has 0 nitrogen and oxygen atoms in total. The second-order valence-electron chi connectivity index (χ2n) is 4.17. The molecule has 0 N–H and O–H groups in total. The number of rotatable bonds is 1. The average Bonchev–Trinajstić information content (AvgIpc) is 2.49. The van der Waals surface area contributed by atoms with E-state index in [9.17, 15) is 8.78 Å². The molecule has 0 amide bonds. The van der Waals surface area contributed by atoms with Gasteiger partial charge in [0.05, 0.1) is 15.4 Å². The van der Waals surface area contributed by atoms with Crippen LogP contribution in [0.3, 0.4) is 0 Å². The minimum atomic E-state index is -0.540. The lowest BCUT2D eigenvalue weighted by molar-refractivity contribution is 0.571. The molecule has 0 spiro atoms. The molecule has 0 radical (unpaired) electrons. The smallest absolute Gasteiger partial charge is 0.147 e. The van der Waals surface area contributed by atoms with Crippen molar-refractivity contribution in [1.82, 2.24) is 0 Å². The topological polar surface area (TPSA) is 0 Å². The monoisotopic (exact) mass is 320 g/mol. The summed E-state index contributed by atoms with van der Waals surface area (Å²) in [5.41, 5.74) is 0.741. The summed E-state index contributed by atoms with van der Waals surface area (Å²) in [6.07, 6.45) is 5.23. The van der Waals surface area contributed by atoms with E-state index < -0.39 is 11.6 Å². The van der Waals surface area contributed by atoms with Gasteiger partial charge in [-0.05, 0) is 52.9 Å². The molecule has 1 atom stereocenters. The highest BCUT2D eigenvalue weighted by atomic mass is 79.9. The Morgan fingerprint density at radius 1 is 1.24 bits per heavy atom. The SMILES string of the molecule is Fc1ccc(Br)c(F)c1C1=CC(Cl)CCCC1. The molecule has 0 fully saturated rings. The molecule has 92 valence electrons. The van der Waals surface area contributed by atoms with Crippen molar-refractivity contribution in [3.05, 3.63) is 39.9 Å². The van der Waals surface area contributed by atoms with Crippen molar-refractivity contribution in [3.8, 4) is 0 Å². The van der Waals surface area contributed by atoms with Gasteiger partial charge < -0.3 is 0 Å². The molecule has 1 aliphatic carbocycles. The Balaban J connectivity index is 2.48. The van der Waals surface area contributed by atoms with Crippen LogP contribution in [0.4, 0.5) is 8.78 Å². The first kappa shape index (κ1) is 13.0. The maximum Gasteiger partial charge on any atom is 0.147 e. The lowest BCUT2D eigenvalue weighted by atomic mass is 10.00. The molecular formula is C13H12BrClF2. The lowest BCUT2D eigenvalue weighted by Crippen LogP contribution is -1.98. The van der Waals surface area contributed by atoms with Crippen LogP contribution in [0, 0.1) is 11.6 Å². The molecule has 2 rings (SSSR count). The summed E-state index contributed by atoms with van der Waals surface area (Å²) >= 11 is 9.16. The zero-order chi connectivity index (χ0) is 12.4. The number of alkyl halides is 1. The number of hydrogen-bond donors (Lipinski definition) is 0. The molecule has 0 heterocycles. The van der Waals surface area contributed by atoms with Gasteiger partial charge in [-0.2, -0.15) is 0 Å². The molecule has 1 aromatic carbocycles. The molecular weight excluding hydrogens is 309 g/mol. The molecule has 0 aromatic heterocycles. The van der Waals surface area contributed by atoms with E-state index in [1.54, 1.807) is 6.08 Å². The van der Waals surface area contributed by atoms with Gasteiger partial charge in [0.1, 0.15) is 11.6 Å². The molecule has 1 aliphatic rings. The van der Waals surface area contributed by atoms with E-state index in [-0.39, 0.29) is 15.4 Å². The zero-order valence-electron chi connectivity index (χ0n) is 9.15. The van der Waals surface area contributed by atoms with Crippen LogP contribution >= 0.6 is 27.5 Å². The van der Waals surface area contributed by atoms with E-state index in [4.69, 9.17) is 11.6 Å². The quantitative estimate of drug-likeness (QED) is 0.487. The van der Waals surface area contributed by atoms with Gasteiger partial charge >= 0.3 is 0 Å². The van der Waals surface area contributed by atoms with Crippen molar-refractivity contribution in [2.45, 2.75) is 31.1 Å². The fraction of sp³-hybridized carbons (Fsp3) is 0.385. The summed E-state index contributed by atoms with van der Waals surface area (Å²) < 4.78 is 27.9.